The van der Waals surface area contributed by atoms with Gasteiger partial charge in [-0.25, -0.2) is 0 Å². The molecular weight excluding hydrogens is 268 g/mol. The molecule has 0 saturated carbocycles. The predicted octanol–water partition coefficient (Wildman–Crippen LogP) is 2.85. The van der Waals surface area contributed by atoms with Crippen LogP contribution < -0.4 is 11.1 Å². The van der Waals surface area contributed by atoms with E-state index in [4.69, 9.17) is 10.8 Å². The predicted molar refractivity (Wildman–Crippen MR) is 72.5 cm³/mol. The molecule has 1 rings (SSSR count). The molecule has 16 heavy (non-hydrogen) atoms. The van der Waals surface area contributed by atoms with Crippen molar-refractivity contribution >= 4 is 27.3 Å². The summed E-state index contributed by atoms with van der Waals surface area (Å²) in [6, 6.07) is 5.81. The zero-order valence-corrected chi connectivity index (χ0v) is 11.1. The number of aliphatic hydroxyl groups excluding tert-OH is 1. The van der Waals surface area contributed by atoms with E-state index in [1.807, 2.05) is 18.2 Å². The maximum atomic E-state index is 8.90. The van der Waals surface area contributed by atoms with Gasteiger partial charge in [-0.05, 0) is 30.5 Å². The molecule has 90 valence electrons. The number of nitrogens with two attached hydrogens (primary N) is 1. The molecule has 0 bridgehead atoms. The molecule has 0 aromatic heterocycles. The van der Waals surface area contributed by atoms with Gasteiger partial charge >= 0.3 is 0 Å². The summed E-state index contributed by atoms with van der Waals surface area (Å²) in [6.07, 6.45) is 1.89. The van der Waals surface area contributed by atoms with Crippen LogP contribution in [0.1, 0.15) is 19.8 Å². The van der Waals surface area contributed by atoms with Gasteiger partial charge in [-0.15, -0.1) is 0 Å². The summed E-state index contributed by atoms with van der Waals surface area (Å²) >= 11 is 3.37. The van der Waals surface area contributed by atoms with Crippen molar-refractivity contribution in [1.29, 1.82) is 0 Å². The van der Waals surface area contributed by atoms with Gasteiger partial charge < -0.3 is 16.2 Å². The number of nitrogens with one attached hydrogen (secondary N) is 1. The Bertz CT molecular complexity index is 331. The smallest absolute Gasteiger partial charge is 0.0574 e. The number of hydrogen-bond donors (Lipinski definition) is 3. The molecule has 1 aromatic carbocycles. The van der Waals surface area contributed by atoms with Crippen LogP contribution in [0.4, 0.5) is 11.4 Å². The molecule has 0 saturated heterocycles. The molecule has 4 N–H and O–H groups in total. The van der Waals surface area contributed by atoms with Crippen LogP contribution in [-0.2, 0) is 0 Å². The van der Waals surface area contributed by atoms with Gasteiger partial charge in [0, 0.05) is 17.6 Å². The van der Waals surface area contributed by atoms with Gasteiger partial charge in [0.25, 0.3) is 0 Å². The van der Waals surface area contributed by atoms with E-state index in [1.54, 1.807) is 0 Å². The Balaban J connectivity index is 2.53. The SMILES string of the molecule is CCC(CCO)CNc1ccc(Br)cc1N. The van der Waals surface area contributed by atoms with Gasteiger partial charge in [0.15, 0.2) is 0 Å². The van der Waals surface area contributed by atoms with Crippen LogP contribution in [0.25, 0.3) is 0 Å². The molecule has 1 unspecified atom stereocenters. The van der Waals surface area contributed by atoms with E-state index in [9.17, 15) is 0 Å². The summed E-state index contributed by atoms with van der Waals surface area (Å²) in [4.78, 5) is 0. The molecule has 0 heterocycles. The first-order chi connectivity index (χ1) is 7.67. The quantitative estimate of drug-likeness (QED) is 0.705. The lowest BCUT2D eigenvalue weighted by molar-refractivity contribution is 0.258. The standard InChI is InChI=1S/C12H19BrN2O/c1-2-9(5-6-16)8-15-12-4-3-10(13)7-11(12)14/h3-4,7,9,15-16H,2,5-6,8,14H2,1H3. The summed E-state index contributed by atoms with van der Waals surface area (Å²) in [6.45, 7) is 3.23. The second kappa shape index (κ2) is 6.76. The molecular formula is C12H19BrN2O. The first-order valence-corrected chi connectivity index (χ1v) is 6.36. The van der Waals surface area contributed by atoms with Crippen molar-refractivity contribution in [2.24, 2.45) is 5.92 Å². The topological polar surface area (TPSA) is 58.3 Å². The van der Waals surface area contributed by atoms with Gasteiger partial charge in [0.05, 0.1) is 11.4 Å². The van der Waals surface area contributed by atoms with Gasteiger partial charge in [0.1, 0.15) is 0 Å². The highest BCUT2D eigenvalue weighted by Gasteiger charge is 2.06. The van der Waals surface area contributed by atoms with E-state index < -0.39 is 0 Å². The van der Waals surface area contributed by atoms with Crippen LogP contribution in [0, 0.1) is 5.92 Å². The maximum absolute atomic E-state index is 8.90. The number of rotatable bonds is 6. The van der Waals surface area contributed by atoms with Crippen molar-refractivity contribution in [3.63, 3.8) is 0 Å². The Labute approximate surface area is 105 Å². The lowest BCUT2D eigenvalue weighted by Crippen LogP contribution is -2.15. The normalized spacial score (nSPS) is 12.4. The minimum atomic E-state index is 0.246. The van der Waals surface area contributed by atoms with Crippen molar-refractivity contribution in [2.45, 2.75) is 19.8 Å². The highest BCUT2D eigenvalue weighted by Crippen LogP contribution is 2.23. The monoisotopic (exact) mass is 286 g/mol. The number of benzene rings is 1. The van der Waals surface area contributed by atoms with E-state index in [0.29, 0.717) is 5.92 Å². The number of halogens is 1. The largest absolute Gasteiger partial charge is 0.397 e. The fraction of sp³-hybridized carbons (Fsp3) is 0.500. The van der Waals surface area contributed by atoms with E-state index in [-0.39, 0.29) is 6.61 Å². The minimum Gasteiger partial charge on any atom is -0.397 e. The third kappa shape index (κ3) is 4.02. The number of nitrogen functional groups attached to an aromatic ring is 1. The van der Waals surface area contributed by atoms with Gasteiger partial charge in [0.2, 0.25) is 0 Å². The van der Waals surface area contributed by atoms with Crippen molar-refractivity contribution in [3.05, 3.63) is 22.7 Å². The first kappa shape index (κ1) is 13.3. The van der Waals surface area contributed by atoms with Gasteiger partial charge in [-0.3, -0.25) is 0 Å². The lowest BCUT2D eigenvalue weighted by Gasteiger charge is -2.16. The van der Waals surface area contributed by atoms with Crippen molar-refractivity contribution < 1.29 is 5.11 Å². The van der Waals surface area contributed by atoms with Crippen molar-refractivity contribution in [2.75, 3.05) is 24.2 Å². The summed E-state index contributed by atoms with van der Waals surface area (Å²) in [5.74, 6) is 0.494. The van der Waals surface area contributed by atoms with E-state index in [0.717, 1.165) is 35.2 Å². The molecule has 0 amide bonds. The molecule has 1 atom stereocenters. The molecule has 0 aliphatic rings. The van der Waals surface area contributed by atoms with Crippen molar-refractivity contribution in [1.82, 2.24) is 0 Å². The molecule has 1 aromatic rings. The zero-order chi connectivity index (χ0) is 12.0. The van der Waals surface area contributed by atoms with E-state index in [2.05, 4.69) is 28.2 Å². The lowest BCUT2D eigenvalue weighted by atomic mass is 10.0. The number of anilines is 2. The highest BCUT2D eigenvalue weighted by molar-refractivity contribution is 9.10. The Morgan fingerprint density at radius 1 is 1.50 bits per heavy atom. The molecule has 0 fully saturated rings. The molecule has 0 spiro atoms. The maximum Gasteiger partial charge on any atom is 0.0574 e. The Kier molecular flexibility index (Phi) is 5.63. The average molecular weight is 287 g/mol. The summed E-state index contributed by atoms with van der Waals surface area (Å²) in [5.41, 5.74) is 7.58. The average Bonchev–Trinajstić information content (AvgIpc) is 2.26. The van der Waals surface area contributed by atoms with E-state index >= 15 is 0 Å². The van der Waals surface area contributed by atoms with Crippen LogP contribution >= 0.6 is 15.9 Å². The van der Waals surface area contributed by atoms with Crippen LogP contribution in [0.15, 0.2) is 22.7 Å². The molecule has 0 radical (unpaired) electrons. The summed E-state index contributed by atoms with van der Waals surface area (Å²) in [7, 11) is 0. The third-order valence-electron chi connectivity index (χ3n) is 2.71. The number of hydrogen-bond acceptors (Lipinski definition) is 3. The third-order valence-corrected chi connectivity index (χ3v) is 3.20. The molecule has 3 nitrogen and oxygen atoms in total. The Hall–Kier alpha value is -0.740. The fourth-order valence-electron chi connectivity index (χ4n) is 1.58. The molecule has 0 aliphatic heterocycles. The summed E-state index contributed by atoms with van der Waals surface area (Å²) in [5, 5.41) is 12.2. The fourth-order valence-corrected chi connectivity index (χ4v) is 1.96. The second-order valence-corrected chi connectivity index (χ2v) is 4.81. The van der Waals surface area contributed by atoms with E-state index in [1.165, 1.54) is 0 Å². The minimum absolute atomic E-state index is 0.246. The van der Waals surface area contributed by atoms with Gasteiger partial charge in [-0.1, -0.05) is 29.3 Å². The van der Waals surface area contributed by atoms with Crippen LogP contribution in [0.3, 0.4) is 0 Å². The zero-order valence-electron chi connectivity index (χ0n) is 9.54. The Morgan fingerprint density at radius 2 is 2.25 bits per heavy atom. The van der Waals surface area contributed by atoms with Crippen LogP contribution in [0.5, 0.6) is 0 Å². The first-order valence-electron chi connectivity index (χ1n) is 5.57. The Morgan fingerprint density at radius 3 is 2.81 bits per heavy atom. The molecule has 0 aliphatic carbocycles. The van der Waals surface area contributed by atoms with Crippen molar-refractivity contribution in [3.8, 4) is 0 Å². The molecule has 4 heteroatoms. The van der Waals surface area contributed by atoms with Crippen LogP contribution in [-0.4, -0.2) is 18.3 Å². The number of aliphatic hydroxyl groups is 1. The second-order valence-electron chi connectivity index (χ2n) is 3.90. The van der Waals surface area contributed by atoms with Crippen LogP contribution in [0.2, 0.25) is 0 Å². The highest BCUT2D eigenvalue weighted by atomic mass is 79.9. The van der Waals surface area contributed by atoms with Gasteiger partial charge in [-0.2, -0.15) is 0 Å². The summed E-state index contributed by atoms with van der Waals surface area (Å²) < 4.78 is 0.984.